The lowest BCUT2D eigenvalue weighted by atomic mass is 10.3. The first-order valence-corrected chi connectivity index (χ1v) is 7.31. The van der Waals surface area contributed by atoms with Crippen LogP contribution in [0.5, 0.6) is 0 Å². The monoisotopic (exact) mass is 364 g/mol. The van der Waals surface area contributed by atoms with E-state index in [4.69, 9.17) is 11.6 Å². The Hall–Kier alpha value is -1.93. The molecule has 0 aliphatic carbocycles. The summed E-state index contributed by atoms with van der Waals surface area (Å²) in [5.74, 6) is -0.615. The molecule has 3 nitrogen and oxygen atoms in total. The van der Waals surface area contributed by atoms with Crippen molar-refractivity contribution in [3.63, 3.8) is 0 Å². The topological polar surface area (TPSA) is 41.1 Å². The second-order valence-electron chi connectivity index (χ2n) is 4.28. The summed E-state index contributed by atoms with van der Waals surface area (Å²) in [6, 6.07) is 8.18. The average Bonchev–Trinajstić information content (AvgIpc) is 2.43. The quantitative estimate of drug-likeness (QED) is 0.539. The Kier molecular flexibility index (Phi) is 5.38. The summed E-state index contributed by atoms with van der Waals surface area (Å²) in [6.45, 7) is 0. The van der Waals surface area contributed by atoms with E-state index < -0.39 is 17.4 Å². The van der Waals surface area contributed by atoms with Crippen LogP contribution in [0.4, 0.5) is 33.7 Å². The summed E-state index contributed by atoms with van der Waals surface area (Å²) in [5.41, 5.74) is -3.78. The van der Waals surface area contributed by atoms with E-state index in [1.165, 1.54) is 36.4 Å². The molecule has 2 rings (SSSR count). The van der Waals surface area contributed by atoms with Crippen LogP contribution in [0.3, 0.4) is 0 Å². The van der Waals surface area contributed by atoms with Gasteiger partial charge in [-0.15, -0.1) is 0 Å². The van der Waals surface area contributed by atoms with Crippen molar-refractivity contribution in [1.82, 2.24) is 0 Å². The van der Waals surface area contributed by atoms with Gasteiger partial charge in [0.05, 0.1) is 5.02 Å². The predicted molar refractivity (Wildman–Crippen MR) is 82.4 cm³/mol. The van der Waals surface area contributed by atoms with E-state index >= 15 is 0 Å². The number of benzene rings is 2. The second kappa shape index (κ2) is 7.10. The summed E-state index contributed by atoms with van der Waals surface area (Å²) in [5, 5.41) is 4.72. The van der Waals surface area contributed by atoms with Crippen LogP contribution in [-0.4, -0.2) is 11.5 Å². The van der Waals surface area contributed by atoms with Crippen molar-refractivity contribution >= 4 is 40.8 Å². The van der Waals surface area contributed by atoms with Gasteiger partial charge in [-0.1, -0.05) is 11.6 Å². The van der Waals surface area contributed by atoms with E-state index in [0.29, 0.717) is 5.69 Å². The molecule has 2 amide bonds. The number of hydrogen-bond acceptors (Lipinski definition) is 2. The molecular formula is C14H9ClF4N2OS. The maximum atomic E-state index is 13.0. The number of urea groups is 1. The molecule has 122 valence electrons. The third-order valence-corrected chi connectivity index (χ3v) is 3.55. The van der Waals surface area contributed by atoms with Crippen molar-refractivity contribution in [2.45, 2.75) is 10.4 Å². The number of amides is 2. The number of rotatable bonds is 3. The maximum absolute atomic E-state index is 13.0. The highest BCUT2D eigenvalue weighted by Crippen LogP contribution is 2.37. The Morgan fingerprint density at radius 2 is 1.57 bits per heavy atom. The SMILES string of the molecule is O=C(Nc1ccc(SC(F)(F)F)cc1)Nc1ccc(F)c(Cl)c1. The Morgan fingerprint density at radius 1 is 1.00 bits per heavy atom. The highest BCUT2D eigenvalue weighted by molar-refractivity contribution is 8.00. The number of thioether (sulfide) groups is 1. The zero-order valence-corrected chi connectivity index (χ0v) is 12.8. The molecule has 0 atom stereocenters. The lowest BCUT2D eigenvalue weighted by molar-refractivity contribution is -0.0328. The first-order chi connectivity index (χ1) is 10.7. The molecule has 2 N–H and O–H groups in total. The van der Waals surface area contributed by atoms with E-state index in [1.807, 2.05) is 0 Å². The number of anilines is 2. The first-order valence-electron chi connectivity index (χ1n) is 6.12. The van der Waals surface area contributed by atoms with E-state index in [9.17, 15) is 22.4 Å². The summed E-state index contributed by atoms with van der Waals surface area (Å²) in [7, 11) is 0. The van der Waals surface area contributed by atoms with E-state index in [1.54, 1.807) is 0 Å². The standard InChI is InChI=1S/C14H9ClF4N2OS/c15-11-7-9(3-6-12(11)16)21-13(22)20-8-1-4-10(5-2-8)23-14(17,18)19/h1-7H,(H2,20,21,22). The third kappa shape index (κ3) is 5.65. The van der Waals surface area contributed by atoms with Crippen LogP contribution in [-0.2, 0) is 0 Å². The summed E-state index contributed by atoms with van der Waals surface area (Å²) >= 11 is 5.34. The lowest BCUT2D eigenvalue weighted by Crippen LogP contribution is -2.19. The van der Waals surface area contributed by atoms with Gasteiger partial charge in [0.15, 0.2) is 0 Å². The molecule has 0 aromatic heterocycles. The van der Waals surface area contributed by atoms with Crippen LogP contribution in [0.1, 0.15) is 0 Å². The molecule has 9 heteroatoms. The van der Waals surface area contributed by atoms with Crippen LogP contribution in [0.15, 0.2) is 47.4 Å². The van der Waals surface area contributed by atoms with Gasteiger partial charge in [-0.2, -0.15) is 13.2 Å². The number of halogens is 5. The molecule has 0 heterocycles. The molecule has 2 aromatic carbocycles. The molecule has 2 aromatic rings. The van der Waals surface area contributed by atoms with Gasteiger partial charge in [-0.3, -0.25) is 0 Å². The summed E-state index contributed by atoms with van der Waals surface area (Å²) in [4.78, 5) is 11.8. The molecule has 0 fully saturated rings. The lowest BCUT2D eigenvalue weighted by Gasteiger charge is -2.09. The Morgan fingerprint density at radius 3 is 2.13 bits per heavy atom. The van der Waals surface area contributed by atoms with Crippen LogP contribution in [0, 0.1) is 5.82 Å². The van der Waals surface area contributed by atoms with Crippen molar-refractivity contribution in [3.05, 3.63) is 53.3 Å². The van der Waals surface area contributed by atoms with Crippen LogP contribution >= 0.6 is 23.4 Å². The maximum Gasteiger partial charge on any atom is 0.446 e. The second-order valence-corrected chi connectivity index (χ2v) is 5.83. The van der Waals surface area contributed by atoms with Gasteiger partial charge in [-0.25, -0.2) is 9.18 Å². The van der Waals surface area contributed by atoms with Crippen LogP contribution < -0.4 is 10.6 Å². The number of carbonyl (C=O) groups excluding carboxylic acids is 1. The van der Waals surface area contributed by atoms with E-state index in [2.05, 4.69) is 10.6 Å². The average molecular weight is 365 g/mol. The van der Waals surface area contributed by atoms with Crippen molar-refractivity contribution in [3.8, 4) is 0 Å². The van der Waals surface area contributed by atoms with Gasteiger partial charge in [-0.05, 0) is 54.2 Å². The smallest absolute Gasteiger partial charge is 0.308 e. The normalized spacial score (nSPS) is 11.2. The first kappa shape index (κ1) is 17.4. The Balaban J connectivity index is 1.96. The zero-order valence-electron chi connectivity index (χ0n) is 11.2. The van der Waals surface area contributed by atoms with E-state index in [-0.39, 0.29) is 27.4 Å². The van der Waals surface area contributed by atoms with Gasteiger partial charge in [0.25, 0.3) is 0 Å². The molecule has 0 unspecified atom stereocenters. The third-order valence-electron chi connectivity index (χ3n) is 2.52. The predicted octanol–water partition coefficient (Wildman–Crippen LogP) is 5.74. The Bertz CT molecular complexity index is 707. The number of nitrogens with one attached hydrogen (secondary N) is 2. The molecule has 0 bridgehead atoms. The summed E-state index contributed by atoms with van der Waals surface area (Å²) in [6.07, 6.45) is 0. The largest absolute Gasteiger partial charge is 0.446 e. The number of hydrogen-bond donors (Lipinski definition) is 2. The molecular weight excluding hydrogens is 356 g/mol. The highest BCUT2D eigenvalue weighted by atomic mass is 35.5. The van der Waals surface area contributed by atoms with Crippen molar-refractivity contribution in [2.75, 3.05) is 10.6 Å². The van der Waals surface area contributed by atoms with Crippen molar-refractivity contribution in [2.24, 2.45) is 0 Å². The van der Waals surface area contributed by atoms with Crippen LogP contribution in [0.25, 0.3) is 0 Å². The van der Waals surface area contributed by atoms with Crippen LogP contribution in [0.2, 0.25) is 5.02 Å². The van der Waals surface area contributed by atoms with Crippen molar-refractivity contribution < 1.29 is 22.4 Å². The van der Waals surface area contributed by atoms with Gasteiger partial charge in [0.2, 0.25) is 0 Å². The fraction of sp³-hybridized carbons (Fsp3) is 0.0714. The molecule has 0 aliphatic rings. The fourth-order valence-corrected chi connectivity index (χ4v) is 2.33. The van der Waals surface area contributed by atoms with Gasteiger partial charge in [0.1, 0.15) is 5.82 Å². The molecule has 0 saturated heterocycles. The minimum atomic E-state index is -4.37. The number of carbonyl (C=O) groups is 1. The van der Waals surface area contributed by atoms with Gasteiger partial charge >= 0.3 is 11.5 Å². The summed E-state index contributed by atoms with van der Waals surface area (Å²) < 4.78 is 49.6. The minimum absolute atomic E-state index is 0.00812. The minimum Gasteiger partial charge on any atom is -0.308 e. The molecule has 0 aliphatic heterocycles. The number of alkyl halides is 3. The molecule has 0 radical (unpaired) electrons. The molecule has 23 heavy (non-hydrogen) atoms. The van der Waals surface area contributed by atoms with Gasteiger partial charge in [0, 0.05) is 16.3 Å². The van der Waals surface area contributed by atoms with Crippen molar-refractivity contribution in [1.29, 1.82) is 0 Å². The van der Waals surface area contributed by atoms with Gasteiger partial charge < -0.3 is 10.6 Å². The Labute approximate surface area is 138 Å². The molecule has 0 spiro atoms. The highest BCUT2D eigenvalue weighted by Gasteiger charge is 2.29. The van der Waals surface area contributed by atoms with E-state index in [0.717, 1.165) is 6.07 Å². The molecule has 0 saturated carbocycles. The fourth-order valence-electron chi connectivity index (χ4n) is 1.61. The zero-order chi connectivity index (χ0) is 17.0.